The van der Waals surface area contributed by atoms with E-state index in [0.717, 1.165) is 19.3 Å². The van der Waals surface area contributed by atoms with Gasteiger partial charge in [0.15, 0.2) is 0 Å². The normalized spacial score (nSPS) is 8.82. The van der Waals surface area contributed by atoms with Crippen LogP contribution in [0.5, 0.6) is 0 Å². The van der Waals surface area contributed by atoms with E-state index in [2.05, 4.69) is 10.0 Å². The summed E-state index contributed by atoms with van der Waals surface area (Å²) >= 11 is 0. The van der Waals surface area contributed by atoms with Gasteiger partial charge in [0.2, 0.25) is 0 Å². The highest BCUT2D eigenvalue weighted by Gasteiger charge is 1.92. The lowest BCUT2D eigenvalue weighted by Gasteiger charge is -1.93. The fraction of sp³-hybridized carbons (Fsp3) is 0.857. The largest absolute Gasteiger partial charge is 0.300 e. The van der Waals surface area contributed by atoms with E-state index in [-0.39, 0.29) is 5.78 Å². The third-order valence-electron chi connectivity index (χ3n) is 1.35. The molecule has 0 N–H and O–H groups in total. The molecular weight excluding hydrogens is 142 g/mol. The molecule has 0 unspecified atom stereocenters. The molecule has 0 rings (SSSR count). The van der Waals surface area contributed by atoms with Crippen LogP contribution in [0.15, 0.2) is 5.11 Å². The highest BCUT2D eigenvalue weighted by molar-refractivity contribution is 5.75. The number of Topliss-reactive ketones (excluding diaryl/α,β-unsaturated/α-hetero) is 1. The molecule has 0 aliphatic heterocycles. The first kappa shape index (κ1) is 9.98. The zero-order chi connectivity index (χ0) is 8.53. The smallest absolute Gasteiger partial charge is 0.129 e. The first-order chi connectivity index (χ1) is 5.27. The second-order valence-corrected chi connectivity index (χ2v) is 2.47. The lowest BCUT2D eigenvalue weighted by molar-refractivity contribution is -0.117. The lowest BCUT2D eigenvalue weighted by Crippen LogP contribution is -1.89. The summed E-state index contributed by atoms with van der Waals surface area (Å²) in [6.45, 7) is 2.14. The molecule has 0 saturated heterocycles. The molecular formula is C7H13N3O. The van der Waals surface area contributed by atoms with Crippen molar-refractivity contribution in [2.45, 2.75) is 32.6 Å². The zero-order valence-corrected chi connectivity index (χ0v) is 6.79. The molecule has 4 nitrogen and oxygen atoms in total. The first-order valence-electron chi connectivity index (χ1n) is 3.77. The lowest BCUT2D eigenvalue weighted by atomic mass is 10.1. The molecule has 0 aliphatic rings. The van der Waals surface area contributed by atoms with Crippen LogP contribution in [0.25, 0.3) is 10.4 Å². The summed E-state index contributed by atoms with van der Waals surface area (Å²) in [5.41, 5.74) is 7.92. The Balaban J connectivity index is 3.02. The van der Waals surface area contributed by atoms with Gasteiger partial charge in [0.05, 0.1) is 0 Å². The van der Waals surface area contributed by atoms with Gasteiger partial charge in [-0.05, 0) is 25.3 Å². The Kier molecular flexibility index (Phi) is 6.43. The van der Waals surface area contributed by atoms with Crippen LogP contribution in [0.4, 0.5) is 0 Å². The molecule has 0 aromatic carbocycles. The quantitative estimate of drug-likeness (QED) is 0.251. The van der Waals surface area contributed by atoms with Crippen molar-refractivity contribution < 1.29 is 4.79 Å². The van der Waals surface area contributed by atoms with Gasteiger partial charge < -0.3 is 4.79 Å². The standard InChI is InChI=1S/C7H13N3O/c1-7(11)5-3-2-4-6-9-10-8/h2-6H2,1H3. The summed E-state index contributed by atoms with van der Waals surface area (Å²) in [7, 11) is 0. The van der Waals surface area contributed by atoms with E-state index >= 15 is 0 Å². The topological polar surface area (TPSA) is 65.8 Å². The molecule has 62 valence electrons. The molecule has 0 aliphatic carbocycles. The van der Waals surface area contributed by atoms with Crippen molar-refractivity contribution in [3.8, 4) is 0 Å². The van der Waals surface area contributed by atoms with Crippen LogP contribution in [0.2, 0.25) is 0 Å². The molecule has 0 bridgehead atoms. The van der Waals surface area contributed by atoms with E-state index in [1.165, 1.54) is 0 Å². The van der Waals surface area contributed by atoms with Gasteiger partial charge in [-0.2, -0.15) is 0 Å². The van der Waals surface area contributed by atoms with Gasteiger partial charge in [0.1, 0.15) is 5.78 Å². The number of nitrogens with zero attached hydrogens (tertiary/aromatic N) is 3. The molecule has 0 saturated carbocycles. The molecule has 11 heavy (non-hydrogen) atoms. The maximum atomic E-state index is 10.5. The molecule has 0 amide bonds. The molecule has 0 atom stereocenters. The minimum Gasteiger partial charge on any atom is -0.300 e. The Bertz CT molecular complexity index is 157. The zero-order valence-electron chi connectivity index (χ0n) is 6.79. The summed E-state index contributed by atoms with van der Waals surface area (Å²) in [5, 5.41) is 3.38. The van der Waals surface area contributed by atoms with Crippen LogP contribution in [-0.4, -0.2) is 12.3 Å². The first-order valence-corrected chi connectivity index (χ1v) is 3.77. The Morgan fingerprint density at radius 2 is 2.18 bits per heavy atom. The van der Waals surface area contributed by atoms with E-state index in [9.17, 15) is 4.79 Å². The number of hydrogen-bond donors (Lipinski definition) is 0. The van der Waals surface area contributed by atoms with Crippen molar-refractivity contribution in [2.75, 3.05) is 6.54 Å². The number of ketones is 1. The van der Waals surface area contributed by atoms with Gasteiger partial charge in [-0.25, -0.2) is 0 Å². The number of carbonyl (C=O) groups is 1. The summed E-state index contributed by atoms with van der Waals surface area (Å²) in [6, 6.07) is 0. The van der Waals surface area contributed by atoms with Crippen molar-refractivity contribution in [1.29, 1.82) is 0 Å². The Hall–Kier alpha value is -1.02. The van der Waals surface area contributed by atoms with Crippen LogP contribution in [-0.2, 0) is 4.79 Å². The monoisotopic (exact) mass is 155 g/mol. The van der Waals surface area contributed by atoms with Crippen molar-refractivity contribution in [2.24, 2.45) is 5.11 Å². The van der Waals surface area contributed by atoms with E-state index in [1.54, 1.807) is 6.92 Å². The maximum Gasteiger partial charge on any atom is 0.129 e. The highest BCUT2D eigenvalue weighted by atomic mass is 16.1. The highest BCUT2D eigenvalue weighted by Crippen LogP contribution is 2.00. The predicted molar refractivity (Wildman–Crippen MR) is 43.2 cm³/mol. The summed E-state index contributed by atoms with van der Waals surface area (Å²) in [5.74, 6) is 0.230. The summed E-state index contributed by atoms with van der Waals surface area (Å²) in [6.07, 6.45) is 3.42. The van der Waals surface area contributed by atoms with Crippen LogP contribution in [0.3, 0.4) is 0 Å². The van der Waals surface area contributed by atoms with Gasteiger partial charge in [-0.15, -0.1) is 0 Å². The number of azide groups is 1. The van der Waals surface area contributed by atoms with Gasteiger partial charge in [0.25, 0.3) is 0 Å². The molecule has 4 heteroatoms. The van der Waals surface area contributed by atoms with Gasteiger partial charge in [-0.3, -0.25) is 0 Å². The van der Waals surface area contributed by atoms with E-state index in [1.807, 2.05) is 0 Å². The fourth-order valence-corrected chi connectivity index (χ4v) is 0.778. The minimum absolute atomic E-state index is 0.230. The molecule has 0 radical (unpaired) electrons. The maximum absolute atomic E-state index is 10.5. The fourth-order valence-electron chi connectivity index (χ4n) is 0.778. The summed E-state index contributed by atoms with van der Waals surface area (Å²) < 4.78 is 0. The van der Waals surface area contributed by atoms with E-state index in [4.69, 9.17) is 5.53 Å². The second kappa shape index (κ2) is 7.09. The van der Waals surface area contributed by atoms with Crippen LogP contribution in [0, 0.1) is 0 Å². The minimum atomic E-state index is 0.230. The van der Waals surface area contributed by atoms with Crippen LogP contribution in [0.1, 0.15) is 32.6 Å². The van der Waals surface area contributed by atoms with Gasteiger partial charge in [0, 0.05) is 17.9 Å². The van der Waals surface area contributed by atoms with Crippen molar-refractivity contribution in [3.63, 3.8) is 0 Å². The SMILES string of the molecule is CC(=O)CCCCCN=[N+]=[N-]. The van der Waals surface area contributed by atoms with E-state index < -0.39 is 0 Å². The van der Waals surface area contributed by atoms with Gasteiger partial charge in [-0.1, -0.05) is 11.5 Å². The van der Waals surface area contributed by atoms with Crippen molar-refractivity contribution >= 4 is 5.78 Å². The molecule has 0 heterocycles. The molecule has 0 fully saturated rings. The number of carbonyl (C=O) groups excluding carboxylic acids is 1. The molecule has 0 aromatic heterocycles. The molecule has 0 aromatic rings. The third-order valence-corrected chi connectivity index (χ3v) is 1.35. The van der Waals surface area contributed by atoms with Crippen LogP contribution < -0.4 is 0 Å². The average molecular weight is 155 g/mol. The van der Waals surface area contributed by atoms with Crippen molar-refractivity contribution in [3.05, 3.63) is 10.4 Å². The van der Waals surface area contributed by atoms with Crippen molar-refractivity contribution in [1.82, 2.24) is 0 Å². The molecule has 0 spiro atoms. The number of unbranched alkanes of at least 4 members (excludes halogenated alkanes) is 2. The Morgan fingerprint density at radius 1 is 1.45 bits per heavy atom. The average Bonchev–Trinajstić information content (AvgIpc) is 1.96. The predicted octanol–water partition coefficient (Wildman–Crippen LogP) is 2.45. The third kappa shape index (κ3) is 8.98. The second-order valence-electron chi connectivity index (χ2n) is 2.47. The number of hydrogen-bond acceptors (Lipinski definition) is 2. The van der Waals surface area contributed by atoms with Gasteiger partial charge >= 0.3 is 0 Å². The van der Waals surface area contributed by atoms with E-state index in [0.29, 0.717) is 13.0 Å². The Labute approximate surface area is 66.2 Å². The number of rotatable bonds is 6. The summed E-state index contributed by atoms with van der Waals surface area (Å²) in [4.78, 5) is 13.1. The van der Waals surface area contributed by atoms with Crippen LogP contribution >= 0.6 is 0 Å². The Morgan fingerprint density at radius 3 is 2.73 bits per heavy atom.